The maximum atomic E-state index is 11.8. The molecule has 1 heterocycles. The SMILES string of the molecule is Cc1cc(NC(=O)NCC(F)(F)F)c(C(=O)O)[nH]1. The third kappa shape index (κ3) is 4.00. The molecule has 0 saturated heterocycles. The number of nitrogens with one attached hydrogen (secondary N) is 3. The Morgan fingerprint density at radius 1 is 1.44 bits per heavy atom. The van der Waals surface area contributed by atoms with Gasteiger partial charge in [0.15, 0.2) is 0 Å². The summed E-state index contributed by atoms with van der Waals surface area (Å²) in [6.45, 7) is 0.0515. The number of carboxylic acids is 1. The van der Waals surface area contributed by atoms with Gasteiger partial charge in [0.1, 0.15) is 12.2 Å². The predicted molar refractivity (Wildman–Crippen MR) is 55.6 cm³/mol. The van der Waals surface area contributed by atoms with Gasteiger partial charge in [-0.05, 0) is 13.0 Å². The molecule has 0 unspecified atom stereocenters. The number of hydrogen-bond donors (Lipinski definition) is 4. The number of aromatic carboxylic acids is 1. The highest BCUT2D eigenvalue weighted by Crippen LogP contribution is 2.17. The molecule has 1 aromatic rings. The highest BCUT2D eigenvalue weighted by atomic mass is 19.4. The number of urea groups is 1. The average molecular weight is 265 g/mol. The van der Waals surface area contributed by atoms with Crippen molar-refractivity contribution in [2.75, 3.05) is 11.9 Å². The molecule has 1 aromatic heterocycles. The topological polar surface area (TPSA) is 94.2 Å². The number of carbonyl (C=O) groups is 2. The van der Waals surface area contributed by atoms with Crippen LogP contribution >= 0.6 is 0 Å². The van der Waals surface area contributed by atoms with Gasteiger partial charge in [-0.1, -0.05) is 0 Å². The lowest BCUT2D eigenvalue weighted by atomic mass is 10.3. The first-order valence-electron chi connectivity index (χ1n) is 4.73. The number of hydrogen-bond acceptors (Lipinski definition) is 2. The number of rotatable bonds is 3. The van der Waals surface area contributed by atoms with E-state index in [1.165, 1.54) is 6.07 Å². The molecule has 0 radical (unpaired) electrons. The monoisotopic (exact) mass is 265 g/mol. The molecule has 0 bridgehead atoms. The van der Waals surface area contributed by atoms with Crippen molar-refractivity contribution in [1.82, 2.24) is 10.3 Å². The van der Waals surface area contributed by atoms with Crippen LogP contribution in [-0.2, 0) is 0 Å². The van der Waals surface area contributed by atoms with E-state index in [1.807, 2.05) is 5.32 Å². The van der Waals surface area contributed by atoms with Crippen molar-refractivity contribution in [3.8, 4) is 0 Å². The summed E-state index contributed by atoms with van der Waals surface area (Å²) in [6.07, 6.45) is -4.53. The van der Waals surface area contributed by atoms with E-state index in [4.69, 9.17) is 5.11 Å². The van der Waals surface area contributed by atoms with Crippen molar-refractivity contribution < 1.29 is 27.9 Å². The number of amides is 2. The Bertz CT molecular complexity index is 467. The van der Waals surface area contributed by atoms with Gasteiger partial charge in [-0.15, -0.1) is 0 Å². The Morgan fingerprint density at radius 2 is 2.06 bits per heavy atom. The van der Waals surface area contributed by atoms with Crippen molar-refractivity contribution in [3.05, 3.63) is 17.5 Å². The van der Waals surface area contributed by atoms with Crippen LogP contribution in [0, 0.1) is 6.92 Å². The van der Waals surface area contributed by atoms with Gasteiger partial charge in [-0.3, -0.25) is 0 Å². The Kier molecular flexibility index (Phi) is 3.84. The lowest BCUT2D eigenvalue weighted by Crippen LogP contribution is -2.36. The number of H-pyrrole nitrogens is 1. The van der Waals surface area contributed by atoms with Gasteiger partial charge >= 0.3 is 18.2 Å². The molecule has 9 heteroatoms. The standard InChI is InChI=1S/C9H10F3N3O3/c1-4-2-5(6(14-4)7(16)17)15-8(18)13-3-9(10,11)12/h2,14H,3H2,1H3,(H,16,17)(H2,13,15,18). The van der Waals surface area contributed by atoms with Crippen LogP contribution in [0.3, 0.4) is 0 Å². The summed E-state index contributed by atoms with van der Waals surface area (Å²) in [4.78, 5) is 24.3. The molecular formula is C9H10F3N3O3. The van der Waals surface area contributed by atoms with Crippen LogP contribution in [0.25, 0.3) is 0 Å². The molecule has 0 aliphatic carbocycles. The van der Waals surface area contributed by atoms with Crippen LogP contribution in [0.1, 0.15) is 16.2 Å². The predicted octanol–water partition coefficient (Wildman–Crippen LogP) is 1.71. The normalized spacial score (nSPS) is 11.1. The van der Waals surface area contributed by atoms with Gasteiger partial charge in [0, 0.05) is 5.69 Å². The number of aryl methyl sites for hydroxylation is 1. The molecule has 1 rings (SSSR count). The van der Waals surface area contributed by atoms with Crippen molar-refractivity contribution in [1.29, 1.82) is 0 Å². The van der Waals surface area contributed by atoms with E-state index in [-0.39, 0.29) is 11.4 Å². The van der Waals surface area contributed by atoms with Gasteiger partial charge in [0.05, 0.1) is 5.69 Å². The summed E-state index contributed by atoms with van der Waals surface area (Å²) in [5, 5.41) is 12.4. The zero-order chi connectivity index (χ0) is 13.9. The van der Waals surface area contributed by atoms with Crippen LogP contribution in [-0.4, -0.2) is 34.8 Å². The van der Waals surface area contributed by atoms with Gasteiger partial charge in [-0.2, -0.15) is 13.2 Å². The van der Waals surface area contributed by atoms with E-state index >= 15 is 0 Å². The van der Waals surface area contributed by atoms with E-state index < -0.39 is 24.7 Å². The fourth-order valence-corrected chi connectivity index (χ4v) is 1.20. The quantitative estimate of drug-likeness (QED) is 0.670. The van der Waals surface area contributed by atoms with Crippen LogP contribution in [0.2, 0.25) is 0 Å². The lowest BCUT2D eigenvalue weighted by molar-refractivity contribution is -0.122. The minimum atomic E-state index is -4.53. The molecule has 100 valence electrons. The minimum absolute atomic E-state index is 0.0975. The molecule has 2 amide bonds. The molecule has 0 aliphatic rings. The van der Waals surface area contributed by atoms with Crippen molar-refractivity contribution in [2.45, 2.75) is 13.1 Å². The van der Waals surface area contributed by atoms with Crippen molar-refractivity contribution >= 4 is 17.7 Å². The van der Waals surface area contributed by atoms with E-state index in [9.17, 15) is 22.8 Å². The second kappa shape index (κ2) is 4.98. The minimum Gasteiger partial charge on any atom is -0.477 e. The number of aromatic amines is 1. The van der Waals surface area contributed by atoms with Crippen LogP contribution in [0.15, 0.2) is 6.07 Å². The van der Waals surface area contributed by atoms with Crippen molar-refractivity contribution in [3.63, 3.8) is 0 Å². The first-order valence-corrected chi connectivity index (χ1v) is 4.73. The number of anilines is 1. The number of carbonyl (C=O) groups excluding carboxylic acids is 1. The molecule has 18 heavy (non-hydrogen) atoms. The fourth-order valence-electron chi connectivity index (χ4n) is 1.20. The number of carboxylic acid groups (broad SMARTS) is 1. The highest BCUT2D eigenvalue weighted by Gasteiger charge is 2.28. The molecular weight excluding hydrogens is 255 g/mol. The molecule has 0 spiro atoms. The smallest absolute Gasteiger partial charge is 0.405 e. The molecule has 6 nitrogen and oxygen atoms in total. The van der Waals surface area contributed by atoms with E-state index in [1.54, 1.807) is 12.2 Å². The first-order chi connectivity index (χ1) is 8.19. The molecule has 0 atom stereocenters. The van der Waals surface area contributed by atoms with Gasteiger partial charge in [0.2, 0.25) is 0 Å². The van der Waals surface area contributed by atoms with Crippen LogP contribution in [0.4, 0.5) is 23.7 Å². The molecule has 0 fully saturated rings. The van der Waals surface area contributed by atoms with Gasteiger partial charge in [0.25, 0.3) is 0 Å². The highest BCUT2D eigenvalue weighted by molar-refractivity contribution is 5.99. The summed E-state index contributed by atoms with van der Waals surface area (Å²) in [5.74, 6) is -1.32. The molecule has 0 aromatic carbocycles. The first kappa shape index (κ1) is 13.9. The molecule has 4 N–H and O–H groups in total. The van der Waals surface area contributed by atoms with Crippen LogP contribution in [0.5, 0.6) is 0 Å². The van der Waals surface area contributed by atoms with Gasteiger partial charge in [-0.25, -0.2) is 9.59 Å². The summed E-state index contributed by atoms with van der Waals surface area (Å²) in [6, 6.07) is 0.171. The van der Waals surface area contributed by atoms with Gasteiger partial charge < -0.3 is 20.7 Å². The van der Waals surface area contributed by atoms with E-state index in [0.29, 0.717) is 5.69 Å². The Balaban J connectivity index is 2.67. The summed E-state index contributed by atoms with van der Waals surface area (Å²) in [7, 11) is 0. The number of halogens is 3. The second-order valence-electron chi connectivity index (χ2n) is 3.47. The Labute approximate surface area is 99.2 Å². The summed E-state index contributed by atoms with van der Waals surface area (Å²) in [5.41, 5.74) is 0.0628. The Morgan fingerprint density at radius 3 is 2.56 bits per heavy atom. The third-order valence-electron chi connectivity index (χ3n) is 1.86. The molecule has 0 aliphatic heterocycles. The zero-order valence-corrected chi connectivity index (χ0v) is 9.18. The fraction of sp³-hybridized carbons (Fsp3) is 0.333. The summed E-state index contributed by atoms with van der Waals surface area (Å²) >= 11 is 0. The largest absolute Gasteiger partial charge is 0.477 e. The Hall–Kier alpha value is -2.19. The number of aromatic nitrogens is 1. The molecule has 0 saturated carbocycles. The third-order valence-corrected chi connectivity index (χ3v) is 1.86. The van der Waals surface area contributed by atoms with E-state index in [0.717, 1.165) is 0 Å². The van der Waals surface area contributed by atoms with E-state index in [2.05, 4.69) is 4.98 Å². The zero-order valence-electron chi connectivity index (χ0n) is 9.18. The summed E-state index contributed by atoms with van der Waals surface area (Å²) < 4.78 is 35.5. The maximum Gasteiger partial charge on any atom is 0.405 e. The van der Waals surface area contributed by atoms with Crippen molar-refractivity contribution in [2.24, 2.45) is 0 Å². The average Bonchev–Trinajstić information content (AvgIpc) is 2.55. The lowest BCUT2D eigenvalue weighted by Gasteiger charge is -2.09. The van der Waals surface area contributed by atoms with Crippen LogP contribution < -0.4 is 10.6 Å². The second-order valence-corrected chi connectivity index (χ2v) is 3.47. The number of alkyl halides is 3. The maximum absolute atomic E-state index is 11.8.